The molecular formula is C36H64N4O4S. The summed E-state index contributed by atoms with van der Waals surface area (Å²) in [5.41, 5.74) is 0.106. The van der Waals surface area contributed by atoms with Crippen molar-refractivity contribution >= 4 is 29.1 Å². The molecule has 0 aliphatic carbocycles. The van der Waals surface area contributed by atoms with Gasteiger partial charge in [0.15, 0.2) is 0 Å². The molecular weight excluding hydrogens is 584 g/mol. The predicted octanol–water partition coefficient (Wildman–Crippen LogP) is 8.61. The van der Waals surface area contributed by atoms with Crippen molar-refractivity contribution in [3.05, 3.63) is 53.3 Å². The Balaban J connectivity index is 0. The van der Waals surface area contributed by atoms with E-state index in [1.807, 2.05) is 34.6 Å². The third-order valence-electron chi connectivity index (χ3n) is 6.66. The van der Waals surface area contributed by atoms with Gasteiger partial charge in [0.25, 0.3) is 17.7 Å². The molecule has 1 aliphatic rings. The van der Waals surface area contributed by atoms with Gasteiger partial charge in [-0.05, 0) is 65.7 Å². The Morgan fingerprint density at radius 2 is 1.44 bits per heavy atom. The van der Waals surface area contributed by atoms with E-state index in [0.29, 0.717) is 13.1 Å². The van der Waals surface area contributed by atoms with Gasteiger partial charge >= 0.3 is 0 Å². The molecule has 2 heterocycles. The smallest absolute Gasteiger partial charge is 0.275 e. The highest BCUT2D eigenvalue weighted by atomic mass is 32.1. The first kappa shape index (κ1) is 44.3. The summed E-state index contributed by atoms with van der Waals surface area (Å²) in [6, 6.07) is 0. The molecule has 1 fully saturated rings. The molecule has 0 radical (unpaired) electrons. The number of rotatable bonds is 13. The lowest BCUT2D eigenvalue weighted by Crippen LogP contribution is -2.42. The number of hydrogen-bond donors (Lipinski definition) is 2. The van der Waals surface area contributed by atoms with Crippen molar-refractivity contribution in [1.82, 2.24) is 20.5 Å². The highest BCUT2D eigenvalue weighted by Gasteiger charge is 2.22. The van der Waals surface area contributed by atoms with Crippen molar-refractivity contribution in [1.29, 1.82) is 0 Å². The van der Waals surface area contributed by atoms with Crippen molar-refractivity contribution in [2.45, 2.75) is 132 Å². The fourth-order valence-corrected chi connectivity index (χ4v) is 5.09. The number of aryl methyl sites for hydroxylation is 1. The van der Waals surface area contributed by atoms with Crippen LogP contribution in [0.4, 0.5) is 0 Å². The standard InChI is InChI=1S/C18H24N4O3S.C10H22.C5H12O.C3H6/c1-4-8-15-21-14(11-26-15)17(24)19-12(2)16(23)20-13(3)18(25)22-9-6-5-7-10-22;1-4-7-10(8-5-2)9-6-3;1-5(2,3)6-4;1-3-2/h11H,2-10H2,1H3,(H,19,24)(H,20,23);10H,4-9H2,1-3H3;1-4H3;3H,1H2,2H3. The van der Waals surface area contributed by atoms with Crippen LogP contribution in [0.25, 0.3) is 0 Å². The second-order valence-electron chi connectivity index (χ2n) is 12.1. The van der Waals surface area contributed by atoms with E-state index in [9.17, 15) is 14.4 Å². The number of amides is 3. The Morgan fingerprint density at radius 1 is 0.956 bits per heavy atom. The van der Waals surface area contributed by atoms with Gasteiger partial charge in [-0.25, -0.2) is 4.98 Å². The molecule has 9 heteroatoms. The number of nitrogens with zero attached hydrogens (tertiary/aromatic N) is 2. The van der Waals surface area contributed by atoms with E-state index in [1.165, 1.54) is 49.9 Å². The monoisotopic (exact) mass is 648 g/mol. The van der Waals surface area contributed by atoms with Gasteiger partial charge in [0.2, 0.25) is 0 Å². The summed E-state index contributed by atoms with van der Waals surface area (Å²) >= 11 is 1.40. The van der Waals surface area contributed by atoms with E-state index in [0.717, 1.165) is 43.0 Å². The molecule has 2 N–H and O–H groups in total. The Kier molecular flexibility index (Phi) is 26.1. The molecule has 1 aromatic heterocycles. The van der Waals surface area contributed by atoms with Crippen LogP contribution >= 0.6 is 11.3 Å². The number of thiazole rings is 1. The molecule has 0 saturated carbocycles. The topological polar surface area (TPSA) is 101 Å². The van der Waals surface area contributed by atoms with E-state index >= 15 is 0 Å². The molecule has 1 aliphatic heterocycles. The Bertz CT molecular complexity index is 993. The number of hydrogen-bond acceptors (Lipinski definition) is 6. The Labute approximate surface area is 279 Å². The second-order valence-corrected chi connectivity index (χ2v) is 13.0. The maximum atomic E-state index is 12.3. The highest BCUT2D eigenvalue weighted by Crippen LogP contribution is 2.18. The lowest BCUT2D eigenvalue weighted by Gasteiger charge is -2.27. The number of nitrogens with one attached hydrogen (secondary N) is 2. The molecule has 1 saturated heterocycles. The third kappa shape index (κ3) is 22.4. The number of aromatic nitrogens is 1. The van der Waals surface area contributed by atoms with Gasteiger partial charge in [0, 0.05) is 25.6 Å². The first-order chi connectivity index (χ1) is 21.2. The van der Waals surface area contributed by atoms with Crippen LogP contribution in [0, 0.1) is 5.92 Å². The zero-order valence-corrected chi connectivity index (χ0v) is 30.8. The molecule has 258 valence electrons. The van der Waals surface area contributed by atoms with Crippen molar-refractivity contribution in [2.24, 2.45) is 5.92 Å². The van der Waals surface area contributed by atoms with E-state index < -0.39 is 11.8 Å². The van der Waals surface area contributed by atoms with Gasteiger partial charge in [-0.15, -0.1) is 17.9 Å². The summed E-state index contributed by atoms with van der Waals surface area (Å²) in [5.74, 6) is -0.449. The lowest BCUT2D eigenvalue weighted by molar-refractivity contribution is -0.129. The molecule has 45 heavy (non-hydrogen) atoms. The molecule has 3 amide bonds. The van der Waals surface area contributed by atoms with E-state index in [4.69, 9.17) is 4.74 Å². The van der Waals surface area contributed by atoms with Gasteiger partial charge in [-0.2, -0.15) is 0 Å². The van der Waals surface area contributed by atoms with E-state index in [2.05, 4.69) is 56.1 Å². The number of methoxy groups -OCH3 is 1. The second kappa shape index (κ2) is 26.4. The summed E-state index contributed by atoms with van der Waals surface area (Å²) < 4.78 is 4.94. The first-order valence-corrected chi connectivity index (χ1v) is 17.5. The molecule has 0 aromatic carbocycles. The average molecular weight is 649 g/mol. The number of ether oxygens (including phenoxy) is 1. The molecule has 2 rings (SSSR count). The maximum absolute atomic E-state index is 12.3. The molecule has 8 nitrogen and oxygen atoms in total. The molecule has 1 aromatic rings. The van der Waals surface area contributed by atoms with Crippen LogP contribution in [-0.4, -0.2) is 53.4 Å². The van der Waals surface area contributed by atoms with Gasteiger partial charge in [0.1, 0.15) is 5.69 Å². The summed E-state index contributed by atoms with van der Waals surface area (Å²) in [4.78, 5) is 42.4. The summed E-state index contributed by atoms with van der Waals surface area (Å²) in [7, 11) is 1.71. The highest BCUT2D eigenvalue weighted by molar-refractivity contribution is 7.09. The SMILES string of the molecule is C=C(NC(=O)c1csc(CCC)n1)C(=O)NC(=C)C(=O)N1CCCCC1.C=CC.CCCC(CCC)CCC.COC(C)(C)C. The van der Waals surface area contributed by atoms with Gasteiger partial charge in [-0.3, -0.25) is 14.4 Å². The minimum atomic E-state index is -0.669. The van der Waals surface area contributed by atoms with Crippen molar-refractivity contribution in [3.63, 3.8) is 0 Å². The average Bonchev–Trinajstić information content (AvgIpc) is 3.47. The largest absolute Gasteiger partial charge is 0.379 e. The van der Waals surface area contributed by atoms with Crippen molar-refractivity contribution in [3.8, 4) is 0 Å². The number of carbonyl (C=O) groups is 3. The van der Waals surface area contributed by atoms with Crippen LogP contribution in [0.2, 0.25) is 0 Å². The number of piperidine rings is 1. The van der Waals surface area contributed by atoms with E-state index in [1.54, 1.807) is 23.5 Å². The molecule has 0 atom stereocenters. The van der Waals surface area contributed by atoms with Gasteiger partial charge in [-0.1, -0.05) is 85.5 Å². The number of likely N-dealkylation sites (tertiary alicyclic amines) is 1. The first-order valence-electron chi connectivity index (χ1n) is 16.6. The molecule has 0 unspecified atom stereocenters. The number of carbonyl (C=O) groups excluding carboxylic acids is 3. The fraction of sp³-hybridized carbons (Fsp3) is 0.667. The molecule has 0 spiro atoms. The number of allylic oxidation sites excluding steroid dienone is 1. The summed E-state index contributed by atoms with van der Waals surface area (Å²) in [6.45, 7) is 28.7. The minimum Gasteiger partial charge on any atom is -0.379 e. The Hall–Kier alpha value is -2.78. The van der Waals surface area contributed by atoms with Gasteiger partial charge < -0.3 is 20.3 Å². The zero-order chi connectivity index (χ0) is 34.8. The van der Waals surface area contributed by atoms with E-state index in [-0.39, 0.29) is 28.6 Å². The van der Waals surface area contributed by atoms with Crippen LogP contribution in [0.5, 0.6) is 0 Å². The third-order valence-corrected chi connectivity index (χ3v) is 7.56. The van der Waals surface area contributed by atoms with Crippen LogP contribution in [0.1, 0.15) is 135 Å². The predicted molar refractivity (Wildman–Crippen MR) is 191 cm³/mol. The van der Waals surface area contributed by atoms with Crippen molar-refractivity contribution in [2.75, 3.05) is 20.2 Å². The lowest BCUT2D eigenvalue weighted by atomic mass is 9.94. The van der Waals surface area contributed by atoms with Gasteiger partial charge in [0.05, 0.1) is 22.0 Å². The Morgan fingerprint density at radius 3 is 1.87 bits per heavy atom. The van der Waals surface area contributed by atoms with Crippen molar-refractivity contribution < 1.29 is 19.1 Å². The quantitative estimate of drug-likeness (QED) is 0.165. The summed E-state index contributed by atoms with van der Waals surface area (Å²) in [6.07, 6.45) is 14.9. The van der Waals surface area contributed by atoms with Crippen LogP contribution in [-0.2, 0) is 20.7 Å². The van der Waals surface area contributed by atoms with Crippen LogP contribution in [0.3, 0.4) is 0 Å². The fourth-order valence-electron chi connectivity index (χ4n) is 4.21. The summed E-state index contributed by atoms with van der Waals surface area (Å²) in [5, 5.41) is 7.32. The molecule has 0 bridgehead atoms. The zero-order valence-electron chi connectivity index (χ0n) is 30.0. The van der Waals surface area contributed by atoms with Crippen LogP contribution < -0.4 is 10.6 Å². The van der Waals surface area contributed by atoms with Crippen LogP contribution in [0.15, 0.2) is 42.6 Å². The minimum absolute atomic E-state index is 0.0220. The normalized spacial score (nSPS) is 12.3. The maximum Gasteiger partial charge on any atom is 0.275 e.